The predicted molar refractivity (Wildman–Crippen MR) is 125 cm³/mol. The molecule has 164 valence electrons. The lowest BCUT2D eigenvalue weighted by molar-refractivity contribution is -0.125. The summed E-state index contributed by atoms with van der Waals surface area (Å²) in [5.41, 5.74) is 10.5. The van der Waals surface area contributed by atoms with Crippen LogP contribution in [0.5, 0.6) is 5.75 Å². The highest BCUT2D eigenvalue weighted by atomic mass is 16.5. The van der Waals surface area contributed by atoms with Gasteiger partial charge in [0.15, 0.2) is 0 Å². The second kappa shape index (κ2) is 9.56. The molecule has 1 saturated heterocycles. The molecular formula is C26H27N3O3. The Morgan fingerprint density at radius 2 is 1.75 bits per heavy atom. The number of amides is 2. The van der Waals surface area contributed by atoms with Crippen LogP contribution < -0.4 is 20.5 Å². The van der Waals surface area contributed by atoms with Crippen molar-refractivity contribution in [3.05, 3.63) is 89.5 Å². The number of aryl methyl sites for hydroxylation is 2. The molecule has 0 aliphatic carbocycles. The van der Waals surface area contributed by atoms with Gasteiger partial charge >= 0.3 is 0 Å². The van der Waals surface area contributed by atoms with Gasteiger partial charge in [-0.1, -0.05) is 48.5 Å². The number of benzene rings is 3. The summed E-state index contributed by atoms with van der Waals surface area (Å²) in [6, 6.07) is 23.2. The SMILES string of the molecule is Cc1ccc(N2C[C@H](C(=O)NNc3ccccc3OCc3ccccc3)CC2=O)cc1C. The lowest BCUT2D eigenvalue weighted by atomic mass is 10.1. The molecule has 1 atom stereocenters. The van der Waals surface area contributed by atoms with Gasteiger partial charge in [0.25, 0.3) is 0 Å². The molecular weight excluding hydrogens is 402 g/mol. The minimum absolute atomic E-state index is 0.0417. The van der Waals surface area contributed by atoms with Crippen LogP contribution >= 0.6 is 0 Å². The molecule has 0 bridgehead atoms. The van der Waals surface area contributed by atoms with E-state index in [1.807, 2.05) is 86.6 Å². The van der Waals surface area contributed by atoms with Crippen molar-refractivity contribution in [2.75, 3.05) is 16.9 Å². The van der Waals surface area contributed by atoms with E-state index in [1.165, 1.54) is 5.56 Å². The summed E-state index contributed by atoms with van der Waals surface area (Å²) in [6.07, 6.45) is 0.187. The number of rotatable bonds is 7. The fourth-order valence-electron chi connectivity index (χ4n) is 3.69. The summed E-state index contributed by atoms with van der Waals surface area (Å²) < 4.78 is 5.92. The Morgan fingerprint density at radius 3 is 2.53 bits per heavy atom. The van der Waals surface area contributed by atoms with E-state index >= 15 is 0 Å². The minimum Gasteiger partial charge on any atom is -0.487 e. The lowest BCUT2D eigenvalue weighted by Crippen LogP contribution is -2.36. The van der Waals surface area contributed by atoms with Gasteiger partial charge in [-0.3, -0.25) is 20.4 Å². The van der Waals surface area contributed by atoms with Crippen LogP contribution in [0, 0.1) is 19.8 Å². The fraction of sp³-hybridized carbons (Fsp3) is 0.231. The van der Waals surface area contributed by atoms with Crippen LogP contribution in [0.4, 0.5) is 11.4 Å². The standard InChI is InChI=1S/C26H27N3O3/c1-18-12-13-22(14-19(18)2)29-16-21(15-25(29)30)26(31)28-27-23-10-6-7-11-24(23)32-17-20-8-4-3-5-9-20/h3-14,21,27H,15-17H2,1-2H3,(H,28,31)/t21-/m1/s1. The smallest absolute Gasteiger partial charge is 0.243 e. The Kier molecular flexibility index (Phi) is 6.40. The largest absolute Gasteiger partial charge is 0.487 e. The van der Waals surface area contributed by atoms with Crippen LogP contribution in [-0.2, 0) is 16.2 Å². The third-order valence-corrected chi connectivity index (χ3v) is 5.74. The first kappa shape index (κ1) is 21.4. The quantitative estimate of drug-likeness (QED) is 0.547. The van der Waals surface area contributed by atoms with Crippen molar-refractivity contribution in [1.82, 2.24) is 5.43 Å². The molecule has 0 saturated carbocycles. The molecule has 1 aliphatic rings. The van der Waals surface area contributed by atoms with Crippen LogP contribution in [0.1, 0.15) is 23.1 Å². The second-order valence-electron chi connectivity index (χ2n) is 8.06. The van der Waals surface area contributed by atoms with Gasteiger partial charge in [0, 0.05) is 18.7 Å². The van der Waals surface area contributed by atoms with Crippen LogP contribution in [0.25, 0.3) is 0 Å². The van der Waals surface area contributed by atoms with Crippen molar-refractivity contribution in [1.29, 1.82) is 0 Å². The normalized spacial score (nSPS) is 15.5. The summed E-state index contributed by atoms with van der Waals surface area (Å²) in [7, 11) is 0. The number of nitrogens with one attached hydrogen (secondary N) is 2. The van der Waals surface area contributed by atoms with E-state index in [1.54, 1.807) is 4.90 Å². The molecule has 1 fully saturated rings. The van der Waals surface area contributed by atoms with E-state index in [2.05, 4.69) is 10.9 Å². The lowest BCUT2D eigenvalue weighted by Gasteiger charge is -2.18. The number of hydrogen-bond acceptors (Lipinski definition) is 4. The number of carbonyl (C=O) groups is 2. The van der Waals surface area contributed by atoms with Gasteiger partial charge in [0.2, 0.25) is 11.8 Å². The molecule has 0 spiro atoms. The third-order valence-electron chi connectivity index (χ3n) is 5.74. The van der Waals surface area contributed by atoms with E-state index in [4.69, 9.17) is 4.74 Å². The Morgan fingerprint density at radius 1 is 1.00 bits per heavy atom. The maximum absolute atomic E-state index is 12.8. The molecule has 0 radical (unpaired) electrons. The number of nitrogens with zero attached hydrogens (tertiary/aromatic N) is 1. The zero-order valence-corrected chi connectivity index (χ0v) is 18.3. The van der Waals surface area contributed by atoms with Gasteiger partial charge in [-0.2, -0.15) is 0 Å². The van der Waals surface area contributed by atoms with Gasteiger partial charge in [-0.05, 0) is 54.8 Å². The Hall–Kier alpha value is -3.80. The number of hydrazine groups is 1. The van der Waals surface area contributed by atoms with E-state index in [0.29, 0.717) is 24.6 Å². The first-order chi connectivity index (χ1) is 15.5. The van der Waals surface area contributed by atoms with Crippen molar-refractivity contribution >= 4 is 23.2 Å². The van der Waals surface area contributed by atoms with Crippen molar-refractivity contribution < 1.29 is 14.3 Å². The Bertz CT molecular complexity index is 1110. The average Bonchev–Trinajstić information content (AvgIpc) is 3.21. The average molecular weight is 430 g/mol. The number of hydrogen-bond donors (Lipinski definition) is 2. The van der Waals surface area contributed by atoms with Gasteiger partial charge in [-0.15, -0.1) is 0 Å². The topological polar surface area (TPSA) is 70.7 Å². The third kappa shape index (κ3) is 4.91. The highest BCUT2D eigenvalue weighted by Crippen LogP contribution is 2.28. The molecule has 1 aliphatic heterocycles. The van der Waals surface area contributed by atoms with E-state index in [9.17, 15) is 9.59 Å². The summed E-state index contributed by atoms with van der Waals surface area (Å²) in [4.78, 5) is 27.0. The van der Waals surface area contributed by atoms with Crippen molar-refractivity contribution in [2.24, 2.45) is 5.92 Å². The molecule has 6 heteroatoms. The first-order valence-electron chi connectivity index (χ1n) is 10.7. The molecule has 2 N–H and O–H groups in total. The zero-order chi connectivity index (χ0) is 22.5. The highest BCUT2D eigenvalue weighted by molar-refractivity contribution is 6.00. The van der Waals surface area contributed by atoms with Crippen molar-refractivity contribution in [3.8, 4) is 5.75 Å². The van der Waals surface area contributed by atoms with Crippen LogP contribution in [0.2, 0.25) is 0 Å². The molecule has 32 heavy (non-hydrogen) atoms. The molecule has 4 rings (SSSR count). The second-order valence-corrected chi connectivity index (χ2v) is 8.06. The summed E-state index contributed by atoms with van der Waals surface area (Å²) >= 11 is 0. The van der Waals surface area contributed by atoms with Crippen LogP contribution in [0.15, 0.2) is 72.8 Å². The molecule has 0 unspecified atom stereocenters. The summed E-state index contributed by atoms with van der Waals surface area (Å²) in [5.74, 6) is -0.0486. The molecule has 0 aromatic heterocycles. The van der Waals surface area contributed by atoms with Gasteiger partial charge < -0.3 is 9.64 Å². The Balaban J connectivity index is 1.36. The maximum atomic E-state index is 12.8. The summed E-state index contributed by atoms with van der Waals surface area (Å²) in [6.45, 7) is 4.84. The highest BCUT2D eigenvalue weighted by Gasteiger charge is 2.35. The van der Waals surface area contributed by atoms with E-state index < -0.39 is 5.92 Å². The number of carbonyl (C=O) groups excluding carboxylic acids is 2. The maximum Gasteiger partial charge on any atom is 0.243 e. The summed E-state index contributed by atoms with van der Waals surface area (Å²) in [5, 5.41) is 0. The van der Waals surface area contributed by atoms with E-state index in [0.717, 1.165) is 16.8 Å². The molecule has 3 aromatic carbocycles. The monoisotopic (exact) mass is 429 g/mol. The minimum atomic E-state index is -0.422. The van der Waals surface area contributed by atoms with Crippen molar-refractivity contribution in [2.45, 2.75) is 26.9 Å². The van der Waals surface area contributed by atoms with E-state index in [-0.39, 0.29) is 18.2 Å². The Labute approximate surface area is 188 Å². The molecule has 3 aromatic rings. The fourth-order valence-corrected chi connectivity index (χ4v) is 3.69. The van der Waals surface area contributed by atoms with Crippen molar-refractivity contribution in [3.63, 3.8) is 0 Å². The number of para-hydroxylation sites is 2. The first-order valence-corrected chi connectivity index (χ1v) is 10.7. The number of ether oxygens (including phenoxy) is 1. The van der Waals surface area contributed by atoms with Gasteiger partial charge in [-0.25, -0.2) is 0 Å². The molecule has 6 nitrogen and oxygen atoms in total. The zero-order valence-electron chi connectivity index (χ0n) is 18.3. The van der Waals surface area contributed by atoms with Crippen LogP contribution in [0.3, 0.4) is 0 Å². The predicted octanol–water partition coefficient (Wildman–Crippen LogP) is 4.38. The molecule has 2 amide bonds. The van der Waals surface area contributed by atoms with Gasteiger partial charge in [0.05, 0.1) is 11.6 Å². The van der Waals surface area contributed by atoms with Crippen LogP contribution in [-0.4, -0.2) is 18.4 Å². The molecule has 1 heterocycles. The van der Waals surface area contributed by atoms with Gasteiger partial charge in [0.1, 0.15) is 12.4 Å². The number of anilines is 2.